The van der Waals surface area contributed by atoms with Crippen LogP contribution in [0.1, 0.15) is 40.7 Å². The number of hydrogen-bond donors (Lipinski definition) is 0. The van der Waals surface area contributed by atoms with Gasteiger partial charge in [0.25, 0.3) is 5.91 Å². The number of fused-ring (bicyclic) bond motifs is 3. The Morgan fingerprint density at radius 3 is 2.74 bits per heavy atom. The zero-order chi connectivity index (χ0) is 25.8. The predicted molar refractivity (Wildman–Crippen MR) is 142 cm³/mol. The highest BCUT2D eigenvalue weighted by atomic mass is 19.1. The molecule has 3 aromatic rings. The first-order valence-electron chi connectivity index (χ1n) is 14.0. The van der Waals surface area contributed by atoms with Crippen LogP contribution in [0.3, 0.4) is 0 Å². The molecule has 8 heteroatoms. The lowest BCUT2D eigenvalue weighted by molar-refractivity contribution is 0.0253. The van der Waals surface area contributed by atoms with Gasteiger partial charge in [-0.2, -0.15) is 0 Å². The number of ether oxygens (including phenoxy) is 2. The molecule has 4 aliphatic rings. The molecule has 0 saturated carbocycles. The third-order valence-corrected chi connectivity index (χ3v) is 8.99. The number of pyridine rings is 1. The molecule has 0 aliphatic carbocycles. The van der Waals surface area contributed by atoms with Crippen LogP contribution in [0.25, 0.3) is 16.6 Å². The molecule has 2 aromatic heterocycles. The molecule has 1 amide bonds. The molecule has 6 heterocycles. The number of aryl methyl sites for hydroxylation is 1. The fourth-order valence-corrected chi connectivity index (χ4v) is 7.05. The molecule has 2 unspecified atom stereocenters. The lowest BCUT2D eigenvalue weighted by Crippen LogP contribution is -2.49. The predicted octanol–water partition coefficient (Wildman–Crippen LogP) is 3.99. The maximum absolute atomic E-state index is 14.5. The molecular formula is C30H35FN4O3. The Labute approximate surface area is 222 Å². The molecule has 2 bridgehead atoms. The average molecular weight is 519 g/mol. The second kappa shape index (κ2) is 9.74. The third kappa shape index (κ3) is 4.32. The largest absolute Gasteiger partial charge is 0.381 e. The van der Waals surface area contributed by atoms with Crippen molar-refractivity contribution in [2.75, 3.05) is 46.0 Å². The van der Waals surface area contributed by atoms with Gasteiger partial charge in [0.15, 0.2) is 0 Å². The second-order valence-electron chi connectivity index (χ2n) is 11.7. The van der Waals surface area contributed by atoms with E-state index in [1.165, 1.54) is 42.5 Å². The average Bonchev–Trinajstić information content (AvgIpc) is 3.63. The molecule has 0 spiro atoms. The summed E-state index contributed by atoms with van der Waals surface area (Å²) in [5.41, 5.74) is 4.46. The van der Waals surface area contributed by atoms with Gasteiger partial charge in [-0.05, 0) is 73.8 Å². The van der Waals surface area contributed by atoms with Crippen LogP contribution in [0.4, 0.5) is 4.39 Å². The summed E-state index contributed by atoms with van der Waals surface area (Å²) in [6.07, 6.45) is 10.2. The molecule has 7 rings (SSSR count). The van der Waals surface area contributed by atoms with E-state index in [0.717, 1.165) is 56.1 Å². The van der Waals surface area contributed by atoms with Crippen molar-refractivity contribution >= 4 is 16.8 Å². The van der Waals surface area contributed by atoms with Gasteiger partial charge in [-0.15, -0.1) is 0 Å². The second-order valence-corrected chi connectivity index (χ2v) is 11.7. The fourth-order valence-electron chi connectivity index (χ4n) is 7.05. The molecule has 2 atom stereocenters. The molecular weight excluding hydrogens is 483 g/mol. The number of carbonyl (C=O) groups excluding carboxylic acids is 1. The standard InChI is InChI=1S/C30H35FN4O3/c1-19-11-32-12-28-29(19)22(8-21-14-33(15-21)13-20-4-6-37-7-5-20)16-35(28)27-3-2-23(31)9-26(27)30(36)34-17-25-10-24(34)18-38-25/h2-3,9,11-12,16,20-21,24-25H,4-8,10,13-15,17-18H2,1H3. The number of rotatable bonds is 6. The van der Waals surface area contributed by atoms with Gasteiger partial charge in [0.2, 0.25) is 0 Å². The fraction of sp³-hybridized carbons (Fsp3) is 0.533. The van der Waals surface area contributed by atoms with E-state index >= 15 is 0 Å². The lowest BCUT2D eigenvalue weighted by Gasteiger charge is -2.42. The quantitative estimate of drug-likeness (QED) is 0.494. The summed E-state index contributed by atoms with van der Waals surface area (Å²) in [5, 5.41) is 1.19. The van der Waals surface area contributed by atoms with Gasteiger partial charge in [-0.3, -0.25) is 9.78 Å². The van der Waals surface area contributed by atoms with Crippen LogP contribution in [0.5, 0.6) is 0 Å². The SMILES string of the molecule is Cc1cncc2c1c(CC1CN(CC3CCOCC3)C1)cn2-c1ccc(F)cc1C(=O)N1CC2CC1CO2. The van der Waals surface area contributed by atoms with E-state index in [-0.39, 0.29) is 18.1 Å². The minimum absolute atomic E-state index is 0.0761. The Hall–Kier alpha value is -2.81. The van der Waals surface area contributed by atoms with E-state index in [0.29, 0.717) is 30.3 Å². The summed E-state index contributed by atoms with van der Waals surface area (Å²) in [6.45, 7) is 8.44. The smallest absolute Gasteiger partial charge is 0.256 e. The zero-order valence-electron chi connectivity index (χ0n) is 21.9. The Kier molecular flexibility index (Phi) is 6.21. The molecule has 4 saturated heterocycles. The van der Waals surface area contributed by atoms with Crippen molar-refractivity contribution in [3.63, 3.8) is 0 Å². The number of benzene rings is 1. The van der Waals surface area contributed by atoms with Gasteiger partial charge >= 0.3 is 0 Å². The van der Waals surface area contributed by atoms with Crippen LogP contribution in [-0.2, 0) is 15.9 Å². The molecule has 200 valence electrons. The van der Waals surface area contributed by atoms with Crippen molar-refractivity contribution in [3.05, 3.63) is 59.3 Å². The Bertz CT molecular complexity index is 1360. The van der Waals surface area contributed by atoms with Crippen LogP contribution >= 0.6 is 0 Å². The summed E-state index contributed by atoms with van der Waals surface area (Å²) in [6, 6.07) is 4.64. The molecule has 0 radical (unpaired) electrons. The normalized spacial score (nSPS) is 24.4. The highest BCUT2D eigenvalue weighted by Crippen LogP contribution is 2.35. The number of carbonyl (C=O) groups is 1. The Morgan fingerprint density at radius 1 is 1.13 bits per heavy atom. The summed E-state index contributed by atoms with van der Waals surface area (Å²) in [5.74, 6) is 0.840. The van der Waals surface area contributed by atoms with E-state index in [1.54, 1.807) is 6.07 Å². The minimum atomic E-state index is -0.400. The van der Waals surface area contributed by atoms with Crippen LogP contribution in [0.2, 0.25) is 0 Å². The number of aromatic nitrogens is 2. The van der Waals surface area contributed by atoms with E-state index < -0.39 is 5.82 Å². The van der Waals surface area contributed by atoms with Crippen LogP contribution < -0.4 is 0 Å². The first-order valence-corrected chi connectivity index (χ1v) is 14.0. The molecule has 4 aliphatic heterocycles. The molecule has 7 nitrogen and oxygen atoms in total. The molecule has 1 aromatic carbocycles. The molecule has 38 heavy (non-hydrogen) atoms. The van der Waals surface area contributed by atoms with E-state index in [1.807, 2.05) is 17.3 Å². The van der Waals surface area contributed by atoms with Gasteiger partial charge in [-0.25, -0.2) is 4.39 Å². The number of hydrogen-bond acceptors (Lipinski definition) is 5. The van der Waals surface area contributed by atoms with Crippen LogP contribution in [-0.4, -0.2) is 83.4 Å². The molecule has 0 N–H and O–H groups in total. The molecule has 4 fully saturated rings. The third-order valence-electron chi connectivity index (χ3n) is 8.99. The minimum Gasteiger partial charge on any atom is -0.381 e. The topological polar surface area (TPSA) is 59.8 Å². The summed E-state index contributed by atoms with van der Waals surface area (Å²) < 4.78 is 27.8. The van der Waals surface area contributed by atoms with Crippen molar-refractivity contribution in [2.24, 2.45) is 11.8 Å². The summed E-state index contributed by atoms with van der Waals surface area (Å²) >= 11 is 0. The maximum Gasteiger partial charge on any atom is 0.256 e. The van der Waals surface area contributed by atoms with Crippen molar-refractivity contribution < 1.29 is 18.7 Å². The lowest BCUT2D eigenvalue weighted by atomic mass is 9.89. The monoisotopic (exact) mass is 518 g/mol. The number of nitrogens with zero attached hydrogens (tertiary/aromatic N) is 4. The van der Waals surface area contributed by atoms with Gasteiger partial charge in [0, 0.05) is 57.2 Å². The van der Waals surface area contributed by atoms with E-state index in [4.69, 9.17) is 9.47 Å². The number of halogens is 1. The van der Waals surface area contributed by atoms with Gasteiger partial charge in [-0.1, -0.05) is 0 Å². The van der Waals surface area contributed by atoms with Crippen LogP contribution in [0.15, 0.2) is 36.8 Å². The van der Waals surface area contributed by atoms with Crippen molar-refractivity contribution in [3.8, 4) is 5.69 Å². The number of likely N-dealkylation sites (tertiary alicyclic amines) is 2. The van der Waals surface area contributed by atoms with Gasteiger partial charge in [0.1, 0.15) is 5.82 Å². The first-order chi connectivity index (χ1) is 18.5. The zero-order valence-corrected chi connectivity index (χ0v) is 21.9. The summed E-state index contributed by atoms with van der Waals surface area (Å²) in [7, 11) is 0. The van der Waals surface area contributed by atoms with Gasteiger partial charge < -0.3 is 23.8 Å². The van der Waals surface area contributed by atoms with E-state index in [9.17, 15) is 9.18 Å². The maximum atomic E-state index is 14.5. The number of morpholine rings is 1. The first kappa shape index (κ1) is 24.2. The van der Waals surface area contributed by atoms with Crippen LogP contribution in [0, 0.1) is 24.6 Å². The van der Waals surface area contributed by atoms with Gasteiger partial charge in [0.05, 0.1) is 41.7 Å². The number of amides is 1. The summed E-state index contributed by atoms with van der Waals surface area (Å²) in [4.78, 5) is 22.6. The van der Waals surface area contributed by atoms with Crippen molar-refractivity contribution in [1.82, 2.24) is 19.4 Å². The highest BCUT2D eigenvalue weighted by molar-refractivity contribution is 5.99. The van der Waals surface area contributed by atoms with Crippen molar-refractivity contribution in [1.29, 1.82) is 0 Å². The van der Waals surface area contributed by atoms with E-state index in [2.05, 4.69) is 27.6 Å². The van der Waals surface area contributed by atoms with Crippen molar-refractivity contribution in [2.45, 2.75) is 44.8 Å². The Balaban J connectivity index is 1.17. The Morgan fingerprint density at radius 2 is 1.97 bits per heavy atom. The highest BCUT2D eigenvalue weighted by Gasteiger charge is 2.42.